The Morgan fingerprint density at radius 2 is 1.91 bits per heavy atom. The van der Waals surface area contributed by atoms with Crippen molar-refractivity contribution in [2.45, 2.75) is 108 Å². The lowest BCUT2D eigenvalue weighted by molar-refractivity contribution is -0.262. The molecule has 2 bridgehead atoms. The van der Waals surface area contributed by atoms with Crippen molar-refractivity contribution in [3.63, 3.8) is 0 Å². The molecule has 7 N–H and O–H groups in total. The summed E-state index contributed by atoms with van der Waals surface area (Å²) in [7, 11) is 3.72. The number of rotatable bonds is 14. The van der Waals surface area contributed by atoms with Gasteiger partial charge in [-0.25, -0.2) is 4.79 Å². The summed E-state index contributed by atoms with van der Waals surface area (Å²) >= 11 is 0. The summed E-state index contributed by atoms with van der Waals surface area (Å²) in [4.78, 5) is 48.7. The minimum Gasteiger partial charge on any atom is -0.492 e. The van der Waals surface area contributed by atoms with Gasteiger partial charge in [-0.2, -0.15) is 0 Å². The number of ketones is 1. The fourth-order valence-corrected chi connectivity index (χ4v) is 16.3. The molecule has 8 aliphatic rings. The van der Waals surface area contributed by atoms with Crippen molar-refractivity contribution < 1.29 is 63.6 Å². The monoisotopic (exact) mass is 1050 g/mol. The van der Waals surface area contributed by atoms with Crippen molar-refractivity contribution in [3.8, 4) is 17.2 Å². The maximum absolute atomic E-state index is 14.8. The third kappa shape index (κ3) is 8.59. The standard InChI is InChI=1S/C60H77N3O13/c1-4-73-57(70)55-45(31-67)49-39-20-40(30-66)51(69)43(22-39)42-21-38-10-15-62-48(38)23-37(42)7-6-35(29-65)33-74-53-44-26-59(76-52(44)46(32-68)54(75-55)50(49)53)14-9-36(12-18-64)56-58(13-8-34(24-58)27-61-2)25-41-28-63(16-5-19-72-3)17-11-47(41)60(56,59)71/h9-10,14-15,21,23,31,34-36,40-41,43,47,56,61-62,64-66,68,71H,4-8,11-13,16-20,22,24-30,32-33H2,1-3H3. The second-order valence-corrected chi connectivity index (χ2v) is 23.4. The molecule has 1 aromatic heterocycles. The molecule has 2 aromatic carbocycles. The number of allylic oxidation sites excluding steroid dienone is 4. The van der Waals surface area contributed by atoms with Crippen LogP contribution in [-0.2, 0) is 43.3 Å². The van der Waals surface area contributed by atoms with Gasteiger partial charge in [0.05, 0.1) is 43.1 Å². The number of H-pyrrole nitrogens is 1. The number of aromatic nitrogens is 1. The molecule has 3 saturated carbocycles. The van der Waals surface area contributed by atoms with E-state index in [2.05, 4.69) is 27.3 Å². The molecule has 1 saturated heterocycles. The van der Waals surface area contributed by atoms with Gasteiger partial charge in [-0.05, 0) is 168 Å². The zero-order chi connectivity index (χ0) is 53.1. The molecule has 4 fully saturated rings. The lowest BCUT2D eigenvalue weighted by Crippen LogP contribution is -2.75. The van der Waals surface area contributed by atoms with Crippen LogP contribution in [-0.4, -0.2) is 145 Å². The number of aldehydes is 1. The Morgan fingerprint density at radius 3 is 2.66 bits per heavy atom. The van der Waals surface area contributed by atoms with Gasteiger partial charge in [-0.15, -0.1) is 0 Å². The molecule has 11 rings (SSSR count). The van der Waals surface area contributed by atoms with Gasteiger partial charge in [0.25, 0.3) is 0 Å². The minimum absolute atomic E-state index is 0.0108. The van der Waals surface area contributed by atoms with Crippen LogP contribution in [0.25, 0.3) is 16.5 Å². The molecule has 16 heteroatoms. The summed E-state index contributed by atoms with van der Waals surface area (Å²) in [6.45, 7) is 4.25. The lowest BCUT2D eigenvalue weighted by atomic mass is 9.42. The van der Waals surface area contributed by atoms with Crippen LogP contribution in [0.1, 0.15) is 105 Å². The quantitative estimate of drug-likeness (QED) is 0.0459. The van der Waals surface area contributed by atoms with E-state index in [4.69, 9.17) is 23.7 Å². The molecule has 11 atom stereocenters. The van der Waals surface area contributed by atoms with Crippen LogP contribution in [0.3, 0.4) is 0 Å². The largest absolute Gasteiger partial charge is 0.492 e. The average Bonchev–Trinajstić information content (AvgIpc) is 4.21. The number of carbonyl (C=O) groups excluding carboxylic acids is 3. The second-order valence-electron chi connectivity index (χ2n) is 23.4. The number of methoxy groups -OCH3 is 1. The van der Waals surface area contributed by atoms with Crippen molar-refractivity contribution in [1.29, 1.82) is 0 Å². The number of carbonyl (C=O) groups is 3. The van der Waals surface area contributed by atoms with E-state index in [1.165, 1.54) is 0 Å². The van der Waals surface area contributed by atoms with Gasteiger partial charge in [-0.3, -0.25) is 9.59 Å². The van der Waals surface area contributed by atoms with Gasteiger partial charge in [0, 0.05) is 93.0 Å². The molecule has 5 heterocycles. The number of fused-ring (bicyclic) bond motifs is 12. The van der Waals surface area contributed by atoms with Crippen molar-refractivity contribution in [2.24, 2.45) is 46.8 Å². The molecule has 0 amide bonds. The van der Waals surface area contributed by atoms with Crippen molar-refractivity contribution >= 4 is 34.5 Å². The van der Waals surface area contributed by atoms with E-state index in [0.29, 0.717) is 66.8 Å². The number of ether oxygens (including phenoxy) is 5. The smallest absolute Gasteiger partial charge is 0.375 e. The highest BCUT2D eigenvalue weighted by atomic mass is 16.6. The molecule has 76 heavy (non-hydrogen) atoms. The lowest BCUT2D eigenvalue weighted by Gasteiger charge is -2.67. The zero-order valence-electron chi connectivity index (χ0n) is 44.4. The Morgan fingerprint density at radius 1 is 1.05 bits per heavy atom. The topological polar surface area (TPSA) is 230 Å². The summed E-state index contributed by atoms with van der Waals surface area (Å²) in [5.74, 6) is -3.10. The van der Waals surface area contributed by atoms with Crippen LogP contribution >= 0.6 is 0 Å². The molecule has 410 valence electrons. The van der Waals surface area contributed by atoms with Crippen molar-refractivity contribution in [1.82, 2.24) is 15.2 Å². The van der Waals surface area contributed by atoms with E-state index in [1.54, 1.807) is 14.0 Å². The second kappa shape index (κ2) is 21.4. The summed E-state index contributed by atoms with van der Waals surface area (Å²) in [6, 6.07) is 6.02. The number of piperidine rings is 1. The zero-order valence-corrected chi connectivity index (χ0v) is 44.4. The molecular formula is C60H77N3O13. The number of hydrogen-bond acceptors (Lipinski definition) is 15. The van der Waals surface area contributed by atoms with Gasteiger partial charge in [0.15, 0.2) is 11.9 Å². The molecule has 4 aliphatic carbocycles. The number of nitrogens with zero attached hydrogens (tertiary/aromatic N) is 1. The first-order valence-corrected chi connectivity index (χ1v) is 28.1. The molecule has 11 unspecified atom stereocenters. The highest BCUT2D eigenvalue weighted by Gasteiger charge is 2.73. The Bertz CT molecular complexity index is 2840. The average molecular weight is 1050 g/mol. The van der Waals surface area contributed by atoms with Crippen LogP contribution in [0.15, 0.2) is 53.5 Å². The van der Waals surface area contributed by atoms with Crippen LogP contribution in [0, 0.1) is 46.8 Å². The third-order valence-corrected chi connectivity index (χ3v) is 19.4. The predicted molar refractivity (Wildman–Crippen MR) is 283 cm³/mol. The molecule has 4 aliphatic heterocycles. The molecule has 2 spiro atoms. The summed E-state index contributed by atoms with van der Waals surface area (Å²) in [6.07, 6.45) is 13.7. The number of nitrogens with one attached hydrogen (secondary N) is 2. The SMILES string of the molecule is CCOC(=O)C1=C(C=O)C2=C3CC(CO)C(=O)C(C3)c3cc4cc[nH]c4cc3CCC(CO)COc3c4c(c(CO)c(c32)O1)OC1(C=CC(CCO)C2C3(CCC(CNC)C3)CC3CN(CCCOC)CCC3C21O)C4. The number of likely N-dealkylation sites (tertiary alicyclic amines) is 1. The van der Waals surface area contributed by atoms with E-state index in [-0.39, 0.29) is 109 Å². The van der Waals surface area contributed by atoms with Crippen LogP contribution in [0.4, 0.5) is 0 Å². The van der Waals surface area contributed by atoms with Gasteiger partial charge >= 0.3 is 5.97 Å². The number of aliphatic hydroxyl groups is 5. The summed E-state index contributed by atoms with van der Waals surface area (Å²) < 4.78 is 32.5. The fourth-order valence-electron chi connectivity index (χ4n) is 16.3. The van der Waals surface area contributed by atoms with Gasteiger partial charge in [0.1, 0.15) is 28.6 Å². The molecular weight excluding hydrogens is 971 g/mol. The molecule has 16 nitrogen and oxygen atoms in total. The normalized spacial score (nSPS) is 32.8. The number of hydrogen-bond donors (Lipinski definition) is 7. The Kier molecular flexibility index (Phi) is 14.9. The number of aliphatic hydroxyl groups excluding tert-OH is 4. The van der Waals surface area contributed by atoms with Crippen LogP contribution in [0.5, 0.6) is 17.2 Å². The first-order chi connectivity index (χ1) is 36.9. The number of Topliss-reactive ketones (excluding diaryl/α,β-unsaturated/α-hetero) is 1. The van der Waals surface area contributed by atoms with Crippen LogP contribution in [0.2, 0.25) is 0 Å². The van der Waals surface area contributed by atoms with Crippen LogP contribution < -0.4 is 19.5 Å². The van der Waals surface area contributed by atoms with Crippen molar-refractivity contribution in [3.05, 3.63) is 81.3 Å². The van der Waals surface area contributed by atoms with Gasteiger partial charge < -0.3 is 64.4 Å². The van der Waals surface area contributed by atoms with E-state index in [1.807, 2.05) is 31.5 Å². The number of benzene rings is 2. The fraction of sp³-hybridized carbons (Fsp3) is 0.617. The highest BCUT2D eigenvalue weighted by Crippen LogP contribution is 2.70. The number of aromatic amines is 1. The van der Waals surface area contributed by atoms with E-state index in [0.717, 1.165) is 80.3 Å². The van der Waals surface area contributed by atoms with Gasteiger partial charge in [0.2, 0.25) is 5.76 Å². The van der Waals surface area contributed by atoms with Crippen molar-refractivity contribution in [2.75, 3.05) is 80.0 Å². The summed E-state index contributed by atoms with van der Waals surface area (Å²) in [5, 5.41) is 64.0. The third-order valence-electron chi connectivity index (χ3n) is 19.4. The molecule has 0 radical (unpaired) electrons. The Balaban J connectivity index is 1.14. The van der Waals surface area contributed by atoms with E-state index >= 15 is 0 Å². The first kappa shape index (κ1) is 53.1. The van der Waals surface area contributed by atoms with Gasteiger partial charge in [-0.1, -0.05) is 11.6 Å². The number of aryl methyl sites for hydroxylation is 1. The Labute approximate surface area is 444 Å². The Hall–Kier alpha value is -4.91. The maximum atomic E-state index is 14.8. The summed E-state index contributed by atoms with van der Waals surface area (Å²) in [5.41, 5.74) is 1.22. The maximum Gasteiger partial charge on any atom is 0.375 e. The molecule has 3 aromatic rings. The predicted octanol–water partition coefficient (Wildman–Crippen LogP) is 5.48. The first-order valence-electron chi connectivity index (χ1n) is 28.1. The highest BCUT2D eigenvalue weighted by molar-refractivity contribution is 6.11. The minimum atomic E-state index is -1.50. The van der Waals surface area contributed by atoms with E-state index in [9.17, 15) is 39.9 Å². The number of esters is 1. The van der Waals surface area contributed by atoms with E-state index < -0.39 is 53.9 Å².